The lowest BCUT2D eigenvalue weighted by molar-refractivity contribution is -0.118. The van der Waals surface area contributed by atoms with Crippen LogP contribution in [-0.2, 0) is 4.79 Å². The van der Waals surface area contributed by atoms with Crippen molar-refractivity contribution in [1.82, 2.24) is 5.32 Å². The molecule has 1 saturated heterocycles. The van der Waals surface area contributed by atoms with Gasteiger partial charge in [0.05, 0.1) is 11.4 Å². The highest BCUT2D eigenvalue weighted by Crippen LogP contribution is 2.36. The van der Waals surface area contributed by atoms with Crippen molar-refractivity contribution < 1.29 is 9.59 Å². The van der Waals surface area contributed by atoms with Gasteiger partial charge in [0.15, 0.2) is 0 Å². The third-order valence-corrected chi connectivity index (χ3v) is 5.82. The van der Waals surface area contributed by atoms with E-state index in [2.05, 4.69) is 15.5 Å². The molecule has 134 valence electrons. The molecule has 1 aromatic rings. The number of benzene rings is 1. The zero-order valence-corrected chi connectivity index (χ0v) is 14.7. The lowest BCUT2D eigenvalue weighted by atomic mass is 9.96. The summed E-state index contributed by atoms with van der Waals surface area (Å²) in [6.07, 6.45) is 10.2. The topological polar surface area (TPSA) is 61.4 Å². The number of carbonyl (C=O) groups is 2. The lowest BCUT2D eigenvalue weighted by Gasteiger charge is -2.41. The average molecular weight is 341 g/mol. The second kappa shape index (κ2) is 7.06. The maximum absolute atomic E-state index is 12.6. The number of rotatable bonds is 2. The molecule has 0 aromatic heterocycles. The monoisotopic (exact) mass is 341 g/mol. The van der Waals surface area contributed by atoms with Gasteiger partial charge in [0.1, 0.15) is 6.04 Å². The van der Waals surface area contributed by atoms with E-state index in [1.807, 2.05) is 18.2 Å². The summed E-state index contributed by atoms with van der Waals surface area (Å²) in [4.78, 5) is 27.2. The van der Waals surface area contributed by atoms with Gasteiger partial charge in [-0.2, -0.15) is 0 Å². The highest BCUT2D eigenvalue weighted by Gasteiger charge is 2.34. The Morgan fingerprint density at radius 1 is 1.04 bits per heavy atom. The molecule has 3 aliphatic rings. The number of amides is 2. The summed E-state index contributed by atoms with van der Waals surface area (Å²) in [5.41, 5.74) is 2.46. The lowest BCUT2D eigenvalue weighted by Crippen LogP contribution is -2.50. The van der Waals surface area contributed by atoms with Gasteiger partial charge in [-0.05, 0) is 50.3 Å². The zero-order valence-electron chi connectivity index (χ0n) is 14.7. The molecular formula is C20H27N3O2. The van der Waals surface area contributed by atoms with E-state index in [1.165, 1.54) is 25.7 Å². The molecule has 1 saturated carbocycles. The fourth-order valence-corrected chi connectivity index (χ4v) is 4.43. The van der Waals surface area contributed by atoms with Gasteiger partial charge in [-0.15, -0.1) is 0 Å². The predicted octanol–water partition coefficient (Wildman–Crippen LogP) is 3.45. The Labute approximate surface area is 149 Å². The maximum Gasteiger partial charge on any atom is 0.251 e. The molecule has 4 rings (SSSR count). The molecule has 5 heteroatoms. The number of nitrogens with zero attached hydrogens (tertiary/aromatic N) is 1. The van der Waals surface area contributed by atoms with Crippen LogP contribution in [0.2, 0.25) is 0 Å². The molecule has 0 unspecified atom stereocenters. The molecule has 2 fully saturated rings. The molecule has 2 heterocycles. The quantitative estimate of drug-likeness (QED) is 0.810. The molecule has 2 aliphatic heterocycles. The highest BCUT2D eigenvalue weighted by atomic mass is 16.2. The van der Waals surface area contributed by atoms with Crippen LogP contribution in [0, 0.1) is 0 Å². The number of hydrogen-bond acceptors (Lipinski definition) is 3. The average Bonchev–Trinajstić information content (AvgIpc) is 2.90. The number of carbonyl (C=O) groups excluding carboxylic acids is 2. The molecule has 0 spiro atoms. The van der Waals surface area contributed by atoms with Crippen molar-refractivity contribution in [3.05, 3.63) is 23.8 Å². The second-order valence-corrected chi connectivity index (χ2v) is 7.59. The van der Waals surface area contributed by atoms with E-state index in [0.29, 0.717) is 5.56 Å². The molecule has 1 atom stereocenters. The van der Waals surface area contributed by atoms with Gasteiger partial charge in [0.25, 0.3) is 5.91 Å². The van der Waals surface area contributed by atoms with E-state index in [-0.39, 0.29) is 23.9 Å². The minimum Gasteiger partial charge on any atom is -0.358 e. The Bertz CT molecular complexity index is 665. The SMILES string of the molecule is O=C(NC1CCCCCC1)c1ccc2c(c1)NC(=O)[C@@H]1CCCCN21. The first-order valence-electron chi connectivity index (χ1n) is 9.75. The van der Waals surface area contributed by atoms with Crippen molar-refractivity contribution in [2.45, 2.75) is 69.9 Å². The van der Waals surface area contributed by atoms with Gasteiger partial charge in [-0.25, -0.2) is 0 Å². The Kier molecular flexibility index (Phi) is 4.64. The Hall–Kier alpha value is -2.04. The van der Waals surface area contributed by atoms with Gasteiger partial charge in [-0.1, -0.05) is 25.7 Å². The van der Waals surface area contributed by atoms with Crippen molar-refractivity contribution in [3.63, 3.8) is 0 Å². The van der Waals surface area contributed by atoms with Crippen molar-refractivity contribution in [3.8, 4) is 0 Å². The van der Waals surface area contributed by atoms with Gasteiger partial charge < -0.3 is 15.5 Å². The first-order valence-corrected chi connectivity index (χ1v) is 9.75. The van der Waals surface area contributed by atoms with E-state index >= 15 is 0 Å². The normalized spacial score (nSPS) is 23.9. The Morgan fingerprint density at radius 2 is 1.80 bits per heavy atom. The van der Waals surface area contributed by atoms with Crippen molar-refractivity contribution >= 4 is 23.2 Å². The minimum absolute atomic E-state index is 0.0234. The van der Waals surface area contributed by atoms with E-state index in [9.17, 15) is 9.59 Å². The van der Waals surface area contributed by atoms with E-state index < -0.39 is 0 Å². The summed E-state index contributed by atoms with van der Waals surface area (Å²) in [5, 5.41) is 6.19. The molecule has 5 nitrogen and oxygen atoms in total. The molecule has 2 amide bonds. The summed E-state index contributed by atoms with van der Waals surface area (Å²) in [6.45, 7) is 0.915. The van der Waals surface area contributed by atoms with Crippen LogP contribution < -0.4 is 15.5 Å². The highest BCUT2D eigenvalue weighted by molar-refractivity contribution is 6.05. The first kappa shape index (κ1) is 16.4. The van der Waals surface area contributed by atoms with Gasteiger partial charge in [-0.3, -0.25) is 9.59 Å². The third kappa shape index (κ3) is 3.37. The van der Waals surface area contributed by atoms with Gasteiger partial charge in [0, 0.05) is 18.2 Å². The number of nitrogens with one attached hydrogen (secondary N) is 2. The van der Waals surface area contributed by atoms with E-state index in [0.717, 1.165) is 50.0 Å². The van der Waals surface area contributed by atoms with Crippen LogP contribution in [-0.4, -0.2) is 30.4 Å². The number of fused-ring (bicyclic) bond motifs is 3. The molecule has 1 aromatic carbocycles. The second-order valence-electron chi connectivity index (χ2n) is 7.59. The molecular weight excluding hydrogens is 314 g/mol. The minimum atomic E-state index is -0.0492. The zero-order chi connectivity index (χ0) is 17.2. The smallest absolute Gasteiger partial charge is 0.251 e. The van der Waals surface area contributed by atoms with Crippen molar-refractivity contribution in [2.24, 2.45) is 0 Å². The van der Waals surface area contributed by atoms with Crippen LogP contribution in [0.25, 0.3) is 0 Å². The van der Waals surface area contributed by atoms with Crippen LogP contribution >= 0.6 is 0 Å². The summed E-state index contributed by atoms with van der Waals surface area (Å²) in [7, 11) is 0. The van der Waals surface area contributed by atoms with Crippen LogP contribution in [0.5, 0.6) is 0 Å². The fourth-order valence-electron chi connectivity index (χ4n) is 4.43. The van der Waals surface area contributed by atoms with Gasteiger partial charge >= 0.3 is 0 Å². The summed E-state index contributed by atoms with van der Waals surface area (Å²) >= 11 is 0. The molecule has 1 aliphatic carbocycles. The van der Waals surface area contributed by atoms with Crippen molar-refractivity contribution in [2.75, 3.05) is 16.8 Å². The van der Waals surface area contributed by atoms with Crippen LogP contribution in [0.15, 0.2) is 18.2 Å². The number of anilines is 2. The summed E-state index contributed by atoms with van der Waals surface area (Å²) in [6, 6.07) is 5.96. The molecule has 0 bridgehead atoms. The van der Waals surface area contributed by atoms with Crippen LogP contribution in [0.4, 0.5) is 11.4 Å². The van der Waals surface area contributed by atoms with Crippen LogP contribution in [0.3, 0.4) is 0 Å². The van der Waals surface area contributed by atoms with Gasteiger partial charge in [0.2, 0.25) is 5.91 Å². The fraction of sp³-hybridized carbons (Fsp3) is 0.600. The van der Waals surface area contributed by atoms with E-state index in [4.69, 9.17) is 0 Å². The molecule has 2 N–H and O–H groups in total. The first-order chi connectivity index (χ1) is 12.2. The Balaban J connectivity index is 1.51. The molecule has 25 heavy (non-hydrogen) atoms. The third-order valence-electron chi connectivity index (χ3n) is 5.82. The molecule has 0 radical (unpaired) electrons. The maximum atomic E-state index is 12.6. The number of hydrogen-bond donors (Lipinski definition) is 2. The van der Waals surface area contributed by atoms with Crippen molar-refractivity contribution in [1.29, 1.82) is 0 Å². The van der Waals surface area contributed by atoms with E-state index in [1.54, 1.807) is 0 Å². The summed E-state index contributed by atoms with van der Waals surface area (Å²) < 4.78 is 0. The van der Waals surface area contributed by atoms with Crippen LogP contribution in [0.1, 0.15) is 68.1 Å². The Morgan fingerprint density at radius 3 is 2.60 bits per heavy atom. The number of piperidine rings is 1. The predicted molar refractivity (Wildman–Crippen MR) is 99.0 cm³/mol. The summed E-state index contributed by atoms with van der Waals surface area (Å²) in [5.74, 6) is 0.0400. The standard InChI is InChI=1S/C20H27N3O2/c24-19(21-15-7-3-1-2-4-8-15)14-10-11-17-16(13-14)22-20(25)18-9-5-6-12-23(17)18/h10-11,13,15,18H,1-9,12H2,(H,21,24)(H,22,25)/t18-/m0/s1. The largest absolute Gasteiger partial charge is 0.358 e.